The third-order valence-corrected chi connectivity index (χ3v) is 4.86. The molecule has 0 aliphatic carbocycles. The fraction of sp³-hybridized carbons (Fsp3) is 0.0769. The Hall–Kier alpha value is -1.99. The summed E-state index contributed by atoms with van der Waals surface area (Å²) < 4.78 is 26.1. The van der Waals surface area contributed by atoms with Crippen molar-refractivity contribution >= 4 is 32.9 Å². The van der Waals surface area contributed by atoms with Crippen LogP contribution in [0.15, 0.2) is 53.7 Å². The van der Waals surface area contributed by atoms with Gasteiger partial charge in [-0.25, -0.2) is 8.42 Å². The number of nitrogens with zero attached hydrogens (tertiary/aromatic N) is 2. The van der Waals surface area contributed by atoms with E-state index in [1.807, 2.05) is 0 Å². The first-order valence-corrected chi connectivity index (χ1v) is 7.56. The second-order valence-electron chi connectivity index (χ2n) is 4.07. The summed E-state index contributed by atoms with van der Waals surface area (Å²) in [5.41, 5.74) is 6.66. The van der Waals surface area contributed by atoms with Gasteiger partial charge in [-0.05, 0) is 24.3 Å². The molecule has 0 saturated carbocycles. The van der Waals surface area contributed by atoms with Crippen molar-refractivity contribution in [3.8, 4) is 0 Å². The van der Waals surface area contributed by atoms with Gasteiger partial charge in [0.25, 0.3) is 10.0 Å². The van der Waals surface area contributed by atoms with Crippen LogP contribution in [0.1, 0.15) is 5.56 Å². The van der Waals surface area contributed by atoms with Crippen molar-refractivity contribution in [2.45, 2.75) is 4.90 Å². The van der Waals surface area contributed by atoms with Crippen LogP contribution in [0.25, 0.3) is 0 Å². The van der Waals surface area contributed by atoms with Gasteiger partial charge in [-0.2, -0.15) is 0 Å². The molecular formula is C13H13N3O2S2. The normalized spacial score (nSPS) is 11.1. The molecule has 0 atom stereocenters. The number of benzene rings is 1. The minimum atomic E-state index is -3.61. The highest BCUT2D eigenvalue weighted by Crippen LogP contribution is 2.21. The number of hydrogen-bond acceptors (Lipinski definition) is 4. The predicted molar refractivity (Wildman–Crippen MR) is 82.2 cm³/mol. The first-order chi connectivity index (χ1) is 9.43. The van der Waals surface area contributed by atoms with Crippen LogP contribution in [0.5, 0.6) is 0 Å². The van der Waals surface area contributed by atoms with Crippen molar-refractivity contribution in [1.29, 1.82) is 0 Å². The molecule has 7 heteroatoms. The fourth-order valence-corrected chi connectivity index (χ4v) is 2.97. The molecule has 0 radical (unpaired) electrons. The number of pyridine rings is 1. The molecule has 0 aliphatic heterocycles. The van der Waals surface area contributed by atoms with E-state index in [0.717, 1.165) is 0 Å². The Kier molecular flexibility index (Phi) is 4.01. The van der Waals surface area contributed by atoms with Gasteiger partial charge in [-0.1, -0.05) is 24.4 Å². The maximum absolute atomic E-state index is 12.5. The summed E-state index contributed by atoms with van der Waals surface area (Å²) in [5, 5.41) is 0. The number of aromatic nitrogens is 1. The van der Waals surface area contributed by atoms with Crippen LogP contribution in [0, 0.1) is 0 Å². The van der Waals surface area contributed by atoms with E-state index in [2.05, 4.69) is 4.98 Å². The summed E-state index contributed by atoms with van der Waals surface area (Å²) in [6.07, 6.45) is 3.08. The molecule has 104 valence electrons. The van der Waals surface area contributed by atoms with E-state index in [4.69, 9.17) is 18.0 Å². The third-order valence-electron chi connectivity index (χ3n) is 2.82. The summed E-state index contributed by atoms with van der Waals surface area (Å²) in [7, 11) is -2.12. The lowest BCUT2D eigenvalue weighted by molar-refractivity contribution is 0.594. The molecule has 1 aromatic carbocycles. The van der Waals surface area contributed by atoms with E-state index in [-0.39, 0.29) is 9.88 Å². The lowest BCUT2D eigenvalue weighted by Gasteiger charge is -2.19. The molecule has 2 aromatic rings. The molecule has 0 bridgehead atoms. The van der Waals surface area contributed by atoms with E-state index < -0.39 is 10.0 Å². The molecular weight excluding hydrogens is 294 g/mol. The molecule has 0 spiro atoms. The average Bonchev–Trinajstić information content (AvgIpc) is 2.47. The van der Waals surface area contributed by atoms with Gasteiger partial charge in [0.15, 0.2) is 0 Å². The summed E-state index contributed by atoms with van der Waals surface area (Å²) in [6, 6.07) is 9.41. The zero-order valence-corrected chi connectivity index (χ0v) is 12.4. The first-order valence-electron chi connectivity index (χ1n) is 5.72. The Labute approximate surface area is 123 Å². The Morgan fingerprint density at radius 1 is 1.15 bits per heavy atom. The van der Waals surface area contributed by atoms with Crippen molar-refractivity contribution in [2.24, 2.45) is 5.73 Å². The van der Waals surface area contributed by atoms with Crippen LogP contribution in [0.3, 0.4) is 0 Å². The summed E-state index contributed by atoms with van der Waals surface area (Å²) in [5.74, 6) is 0. The molecule has 20 heavy (non-hydrogen) atoms. The number of rotatable bonds is 4. The molecule has 1 aromatic heterocycles. The first kappa shape index (κ1) is 14.4. The molecule has 2 N–H and O–H groups in total. The second kappa shape index (κ2) is 5.56. The minimum absolute atomic E-state index is 0.178. The zero-order valence-electron chi connectivity index (χ0n) is 10.7. The highest BCUT2D eigenvalue weighted by atomic mass is 32.2. The maximum atomic E-state index is 12.5. The molecule has 2 rings (SSSR count). The van der Waals surface area contributed by atoms with E-state index in [1.54, 1.807) is 24.3 Å². The molecule has 1 heterocycles. The number of anilines is 1. The highest BCUT2D eigenvalue weighted by molar-refractivity contribution is 7.92. The van der Waals surface area contributed by atoms with Crippen molar-refractivity contribution < 1.29 is 8.42 Å². The molecule has 0 unspecified atom stereocenters. The molecule has 0 aliphatic rings. The van der Waals surface area contributed by atoms with Gasteiger partial charge in [0.1, 0.15) is 4.99 Å². The third kappa shape index (κ3) is 2.78. The van der Waals surface area contributed by atoms with Crippen molar-refractivity contribution in [3.63, 3.8) is 0 Å². The summed E-state index contributed by atoms with van der Waals surface area (Å²) in [4.78, 5) is 4.27. The summed E-state index contributed by atoms with van der Waals surface area (Å²) in [6.45, 7) is 0. The van der Waals surface area contributed by atoms with Gasteiger partial charge in [0.2, 0.25) is 0 Å². The Morgan fingerprint density at radius 2 is 1.70 bits per heavy atom. The van der Waals surface area contributed by atoms with Gasteiger partial charge in [0, 0.05) is 25.0 Å². The van der Waals surface area contributed by atoms with E-state index in [1.165, 1.54) is 35.9 Å². The van der Waals surface area contributed by atoms with Crippen LogP contribution in [0.2, 0.25) is 0 Å². The smallest absolute Gasteiger partial charge is 0.264 e. The molecule has 0 fully saturated rings. The monoisotopic (exact) mass is 307 g/mol. The highest BCUT2D eigenvalue weighted by Gasteiger charge is 2.21. The van der Waals surface area contributed by atoms with Crippen LogP contribution in [-0.4, -0.2) is 25.4 Å². The quantitative estimate of drug-likeness (QED) is 0.867. The standard InChI is InChI=1S/C13H13N3O2S2/c1-16(11-6-8-15-9-7-11)20(17,18)12-4-2-10(3-5-12)13(14)19/h2-9H,1H3,(H2,14,19). The van der Waals surface area contributed by atoms with Gasteiger partial charge in [-0.3, -0.25) is 9.29 Å². The van der Waals surface area contributed by atoms with Crippen LogP contribution in [0.4, 0.5) is 5.69 Å². The predicted octanol–water partition coefficient (Wildman–Crippen LogP) is 1.54. The van der Waals surface area contributed by atoms with E-state index in [0.29, 0.717) is 11.3 Å². The van der Waals surface area contributed by atoms with E-state index in [9.17, 15) is 8.42 Å². The van der Waals surface area contributed by atoms with Gasteiger partial charge >= 0.3 is 0 Å². The Morgan fingerprint density at radius 3 is 2.20 bits per heavy atom. The molecule has 0 amide bonds. The second-order valence-corrected chi connectivity index (χ2v) is 6.48. The Bertz CT molecular complexity index is 713. The molecule has 0 saturated heterocycles. The van der Waals surface area contributed by atoms with Gasteiger partial charge in [0.05, 0.1) is 10.6 Å². The fourth-order valence-electron chi connectivity index (χ4n) is 1.64. The van der Waals surface area contributed by atoms with Crippen LogP contribution in [-0.2, 0) is 10.0 Å². The number of nitrogens with two attached hydrogens (primary N) is 1. The van der Waals surface area contributed by atoms with Crippen molar-refractivity contribution in [2.75, 3.05) is 11.4 Å². The molecule has 5 nitrogen and oxygen atoms in total. The van der Waals surface area contributed by atoms with Crippen molar-refractivity contribution in [3.05, 3.63) is 54.4 Å². The largest absolute Gasteiger partial charge is 0.389 e. The number of thiocarbonyl (C=S) groups is 1. The SMILES string of the molecule is CN(c1ccncc1)S(=O)(=O)c1ccc(C(N)=S)cc1. The number of hydrogen-bond donors (Lipinski definition) is 1. The van der Waals surface area contributed by atoms with Gasteiger partial charge in [-0.15, -0.1) is 0 Å². The Balaban J connectivity index is 2.37. The number of sulfonamides is 1. The van der Waals surface area contributed by atoms with Crippen LogP contribution < -0.4 is 10.0 Å². The summed E-state index contributed by atoms with van der Waals surface area (Å²) >= 11 is 4.84. The maximum Gasteiger partial charge on any atom is 0.264 e. The zero-order chi connectivity index (χ0) is 14.8. The lowest BCUT2D eigenvalue weighted by Crippen LogP contribution is -2.26. The van der Waals surface area contributed by atoms with Gasteiger partial charge < -0.3 is 5.73 Å². The van der Waals surface area contributed by atoms with Crippen LogP contribution >= 0.6 is 12.2 Å². The topological polar surface area (TPSA) is 76.3 Å². The van der Waals surface area contributed by atoms with Crippen molar-refractivity contribution in [1.82, 2.24) is 4.98 Å². The lowest BCUT2D eigenvalue weighted by atomic mass is 10.2. The average molecular weight is 307 g/mol. The van der Waals surface area contributed by atoms with E-state index >= 15 is 0 Å². The minimum Gasteiger partial charge on any atom is -0.389 e.